The number of benzene rings is 1. The maximum atomic E-state index is 13.3. The lowest BCUT2D eigenvalue weighted by Crippen LogP contribution is -2.18. The highest BCUT2D eigenvalue weighted by molar-refractivity contribution is 6.40. The Morgan fingerprint density at radius 1 is 1.50 bits per heavy atom. The highest BCUT2D eigenvalue weighted by atomic mass is 19.1. The van der Waals surface area contributed by atoms with Crippen LogP contribution in [0.3, 0.4) is 0 Å². The zero-order valence-electron chi connectivity index (χ0n) is 8.49. The first-order chi connectivity index (χ1) is 7.60. The molecule has 82 valence electrons. The van der Waals surface area contributed by atoms with Crippen molar-refractivity contribution in [1.29, 1.82) is 5.26 Å². The third kappa shape index (κ3) is 2.42. The van der Waals surface area contributed by atoms with E-state index in [0.29, 0.717) is 0 Å². The van der Waals surface area contributed by atoms with E-state index in [-0.39, 0.29) is 12.2 Å². The fourth-order valence-electron chi connectivity index (χ4n) is 1.08. The monoisotopic (exact) mass is 221 g/mol. The van der Waals surface area contributed by atoms with E-state index < -0.39 is 23.1 Å². The van der Waals surface area contributed by atoms with E-state index in [1.54, 1.807) is 13.0 Å². The summed E-state index contributed by atoms with van der Waals surface area (Å²) in [5.41, 5.74) is -0.310. The molecular formula is C11H8FNO3. The third-order valence-electron chi connectivity index (χ3n) is 1.80. The van der Waals surface area contributed by atoms with Crippen molar-refractivity contribution in [1.82, 2.24) is 0 Å². The predicted octanol–water partition coefficient (Wildman–Crippen LogP) is 1.44. The number of ketones is 1. The summed E-state index contributed by atoms with van der Waals surface area (Å²) in [5, 5.41) is 8.49. The predicted molar refractivity (Wildman–Crippen MR) is 52.1 cm³/mol. The minimum absolute atomic E-state index is 0.0441. The second-order valence-electron chi connectivity index (χ2n) is 2.86. The maximum Gasteiger partial charge on any atom is 0.379 e. The molecule has 0 fully saturated rings. The van der Waals surface area contributed by atoms with Crippen molar-refractivity contribution in [2.75, 3.05) is 6.61 Å². The summed E-state index contributed by atoms with van der Waals surface area (Å²) < 4.78 is 17.8. The molecule has 0 N–H and O–H groups in total. The second kappa shape index (κ2) is 5.03. The Morgan fingerprint density at radius 3 is 2.69 bits per heavy atom. The van der Waals surface area contributed by atoms with Crippen LogP contribution in [-0.4, -0.2) is 18.4 Å². The highest BCUT2D eigenvalue weighted by Crippen LogP contribution is 2.11. The van der Waals surface area contributed by atoms with Crippen molar-refractivity contribution in [3.63, 3.8) is 0 Å². The first-order valence-electron chi connectivity index (χ1n) is 4.51. The van der Waals surface area contributed by atoms with Gasteiger partial charge in [-0.05, 0) is 25.1 Å². The van der Waals surface area contributed by atoms with Crippen LogP contribution in [0, 0.1) is 17.1 Å². The number of nitrogens with zero attached hydrogens (tertiary/aromatic N) is 1. The fraction of sp³-hybridized carbons (Fsp3) is 0.182. The summed E-state index contributed by atoms with van der Waals surface area (Å²) in [4.78, 5) is 22.4. The summed E-state index contributed by atoms with van der Waals surface area (Å²) in [7, 11) is 0. The summed E-state index contributed by atoms with van der Waals surface area (Å²) in [6, 6.07) is 4.97. The van der Waals surface area contributed by atoms with E-state index in [1.807, 2.05) is 0 Å². The quantitative estimate of drug-likeness (QED) is 0.440. The number of esters is 1. The van der Waals surface area contributed by atoms with E-state index in [4.69, 9.17) is 5.26 Å². The smallest absolute Gasteiger partial charge is 0.379 e. The number of halogens is 1. The second-order valence-corrected chi connectivity index (χ2v) is 2.86. The topological polar surface area (TPSA) is 67.2 Å². The molecule has 0 aliphatic heterocycles. The van der Waals surface area contributed by atoms with Gasteiger partial charge in [0, 0.05) is 0 Å². The van der Waals surface area contributed by atoms with Gasteiger partial charge in [0.15, 0.2) is 0 Å². The van der Waals surface area contributed by atoms with Crippen molar-refractivity contribution >= 4 is 11.8 Å². The van der Waals surface area contributed by atoms with Gasteiger partial charge in [-0.25, -0.2) is 9.18 Å². The lowest BCUT2D eigenvalue weighted by molar-refractivity contribution is -0.137. The van der Waals surface area contributed by atoms with Crippen LogP contribution in [0.25, 0.3) is 0 Å². The van der Waals surface area contributed by atoms with Crippen LogP contribution in [0.4, 0.5) is 4.39 Å². The van der Waals surface area contributed by atoms with Gasteiger partial charge < -0.3 is 4.74 Å². The minimum atomic E-state index is -1.11. The summed E-state index contributed by atoms with van der Waals surface area (Å²) in [5.74, 6) is -3.06. The molecule has 0 bridgehead atoms. The van der Waals surface area contributed by atoms with Crippen LogP contribution in [0.15, 0.2) is 18.2 Å². The SMILES string of the molecule is CCOC(=O)C(=O)c1ccc(C#N)cc1F. The zero-order chi connectivity index (χ0) is 12.1. The van der Waals surface area contributed by atoms with Crippen LogP contribution in [-0.2, 0) is 9.53 Å². The molecule has 0 spiro atoms. The van der Waals surface area contributed by atoms with Gasteiger partial charge in [0.05, 0.1) is 23.8 Å². The van der Waals surface area contributed by atoms with Crippen molar-refractivity contribution in [2.24, 2.45) is 0 Å². The number of carbonyl (C=O) groups excluding carboxylic acids is 2. The molecule has 0 saturated carbocycles. The minimum Gasteiger partial charge on any atom is -0.460 e. The van der Waals surface area contributed by atoms with Crippen molar-refractivity contribution in [3.8, 4) is 6.07 Å². The number of rotatable bonds is 3. The largest absolute Gasteiger partial charge is 0.460 e. The standard InChI is InChI=1S/C11H8FNO3/c1-2-16-11(15)10(14)8-4-3-7(6-13)5-9(8)12/h3-5H,2H2,1H3. The van der Waals surface area contributed by atoms with Gasteiger partial charge in [-0.3, -0.25) is 4.79 Å². The molecular weight excluding hydrogens is 213 g/mol. The number of Topliss-reactive ketones (excluding diaryl/α,β-unsaturated/α-hetero) is 1. The van der Waals surface area contributed by atoms with Gasteiger partial charge in [-0.15, -0.1) is 0 Å². The summed E-state index contributed by atoms with van der Waals surface area (Å²) in [6.45, 7) is 1.59. The lowest BCUT2D eigenvalue weighted by Gasteiger charge is -2.02. The first kappa shape index (κ1) is 11.9. The molecule has 16 heavy (non-hydrogen) atoms. The molecule has 0 unspecified atom stereocenters. The van der Waals surface area contributed by atoms with E-state index in [0.717, 1.165) is 12.1 Å². The lowest BCUT2D eigenvalue weighted by atomic mass is 10.1. The normalized spacial score (nSPS) is 9.31. The molecule has 0 amide bonds. The first-order valence-corrected chi connectivity index (χ1v) is 4.51. The maximum absolute atomic E-state index is 13.3. The highest BCUT2D eigenvalue weighted by Gasteiger charge is 2.21. The molecule has 0 heterocycles. The Labute approximate surface area is 91.3 Å². The van der Waals surface area contributed by atoms with E-state index >= 15 is 0 Å². The molecule has 0 atom stereocenters. The van der Waals surface area contributed by atoms with Crippen LogP contribution in [0.5, 0.6) is 0 Å². The van der Waals surface area contributed by atoms with Gasteiger partial charge in [0.1, 0.15) is 5.82 Å². The summed E-state index contributed by atoms with van der Waals surface area (Å²) in [6.07, 6.45) is 0. The van der Waals surface area contributed by atoms with E-state index in [9.17, 15) is 14.0 Å². The van der Waals surface area contributed by atoms with Crippen LogP contribution in [0.2, 0.25) is 0 Å². The summed E-state index contributed by atoms with van der Waals surface area (Å²) >= 11 is 0. The van der Waals surface area contributed by atoms with Gasteiger partial charge >= 0.3 is 5.97 Å². The number of carbonyl (C=O) groups is 2. The van der Waals surface area contributed by atoms with Crippen molar-refractivity contribution in [2.45, 2.75) is 6.92 Å². The Hall–Kier alpha value is -2.22. The number of nitriles is 1. The van der Waals surface area contributed by atoms with Gasteiger partial charge in [0.2, 0.25) is 0 Å². The van der Waals surface area contributed by atoms with Crippen molar-refractivity contribution in [3.05, 3.63) is 35.1 Å². The number of hydrogen-bond acceptors (Lipinski definition) is 4. The number of ether oxygens (including phenoxy) is 1. The fourth-order valence-corrected chi connectivity index (χ4v) is 1.08. The molecule has 1 rings (SSSR count). The molecule has 0 saturated heterocycles. The molecule has 0 aliphatic rings. The van der Waals surface area contributed by atoms with Crippen molar-refractivity contribution < 1.29 is 18.7 Å². The Morgan fingerprint density at radius 2 is 2.19 bits per heavy atom. The molecule has 0 aromatic heterocycles. The molecule has 1 aromatic carbocycles. The average Bonchev–Trinajstić information content (AvgIpc) is 2.28. The molecule has 0 radical (unpaired) electrons. The Kier molecular flexibility index (Phi) is 3.72. The molecule has 0 aliphatic carbocycles. The number of hydrogen-bond donors (Lipinski definition) is 0. The zero-order valence-corrected chi connectivity index (χ0v) is 8.49. The van der Waals surface area contributed by atoms with Crippen LogP contribution in [0.1, 0.15) is 22.8 Å². The van der Waals surface area contributed by atoms with Gasteiger partial charge in [0.25, 0.3) is 5.78 Å². The Bertz CT molecular complexity index is 477. The average molecular weight is 221 g/mol. The van der Waals surface area contributed by atoms with E-state index in [2.05, 4.69) is 4.74 Å². The Balaban J connectivity index is 3.02. The van der Waals surface area contributed by atoms with Crippen LogP contribution >= 0.6 is 0 Å². The molecule has 1 aromatic rings. The van der Waals surface area contributed by atoms with Gasteiger partial charge in [-0.2, -0.15) is 5.26 Å². The van der Waals surface area contributed by atoms with Gasteiger partial charge in [-0.1, -0.05) is 0 Å². The molecule has 4 nitrogen and oxygen atoms in total. The third-order valence-corrected chi connectivity index (χ3v) is 1.80. The van der Waals surface area contributed by atoms with E-state index in [1.165, 1.54) is 6.07 Å². The van der Waals surface area contributed by atoms with Crippen LogP contribution < -0.4 is 0 Å². The molecule has 5 heteroatoms.